The van der Waals surface area contributed by atoms with Crippen molar-refractivity contribution in [1.29, 1.82) is 0 Å². The summed E-state index contributed by atoms with van der Waals surface area (Å²) in [7, 11) is 0. The first-order valence-electron chi connectivity index (χ1n) is 3.62. The van der Waals surface area contributed by atoms with Crippen molar-refractivity contribution in [3.63, 3.8) is 0 Å². The molecule has 0 unspecified atom stereocenters. The summed E-state index contributed by atoms with van der Waals surface area (Å²) in [6.07, 6.45) is 1.24. The maximum absolute atomic E-state index is 5.00. The van der Waals surface area contributed by atoms with Crippen LogP contribution in [0.2, 0.25) is 0 Å². The number of nitrogens with one attached hydrogen (secondary N) is 1. The summed E-state index contributed by atoms with van der Waals surface area (Å²) in [5, 5.41) is 3.28. The monoisotopic (exact) mass is 175 g/mol. The van der Waals surface area contributed by atoms with E-state index in [4.69, 9.17) is 12.2 Å². The number of rotatable bonds is 2. The van der Waals surface area contributed by atoms with Crippen LogP contribution in [0, 0.1) is 5.92 Å². The van der Waals surface area contributed by atoms with Crippen molar-refractivity contribution in [3.05, 3.63) is 0 Å². The fraction of sp³-hybridized carbons (Fsp3) is 0.857. The summed E-state index contributed by atoms with van der Waals surface area (Å²) in [5.74, 6) is 1.94. The lowest BCUT2D eigenvalue weighted by Crippen LogP contribution is -2.27. The predicted molar refractivity (Wildman–Crippen MR) is 51.4 cm³/mol. The van der Waals surface area contributed by atoms with Gasteiger partial charge in [-0.05, 0) is 12.3 Å². The maximum Gasteiger partial charge on any atom is 0.134 e. The molecular formula is C7H13NS2. The minimum atomic E-state index is 0.637. The van der Waals surface area contributed by atoms with Crippen LogP contribution in [0.5, 0.6) is 0 Å². The summed E-state index contributed by atoms with van der Waals surface area (Å²) in [5.41, 5.74) is 0. The van der Waals surface area contributed by atoms with E-state index in [2.05, 4.69) is 19.2 Å². The molecule has 58 valence electrons. The number of hydrogen-bond donors (Lipinski definition) is 1. The Balaban J connectivity index is 2.24. The van der Waals surface area contributed by atoms with Gasteiger partial charge < -0.3 is 5.32 Å². The third kappa shape index (κ3) is 2.46. The van der Waals surface area contributed by atoms with Crippen LogP contribution in [0.15, 0.2) is 0 Å². The Morgan fingerprint density at radius 2 is 2.50 bits per heavy atom. The molecule has 0 aromatic carbocycles. The standard InChI is InChI=1S/C7H13NS2/c1-5(2)3-6-4-10-7(9)8-6/h5-6H,3-4H2,1-2H3,(H,8,9)/t6-/m1/s1. The molecule has 0 aromatic rings. The van der Waals surface area contributed by atoms with Crippen molar-refractivity contribution in [3.8, 4) is 0 Å². The second-order valence-electron chi connectivity index (χ2n) is 3.07. The van der Waals surface area contributed by atoms with Gasteiger partial charge in [0.2, 0.25) is 0 Å². The zero-order chi connectivity index (χ0) is 7.56. The minimum absolute atomic E-state index is 0.637. The molecular weight excluding hydrogens is 162 g/mol. The Hall–Kier alpha value is 0.240. The van der Waals surface area contributed by atoms with E-state index in [1.54, 1.807) is 11.8 Å². The quantitative estimate of drug-likeness (QED) is 0.645. The summed E-state index contributed by atoms with van der Waals surface area (Å²) >= 11 is 6.77. The van der Waals surface area contributed by atoms with Crippen molar-refractivity contribution in [2.75, 3.05) is 5.75 Å². The molecule has 0 spiro atoms. The number of hydrogen-bond acceptors (Lipinski definition) is 2. The van der Waals surface area contributed by atoms with Crippen LogP contribution < -0.4 is 5.32 Å². The Morgan fingerprint density at radius 1 is 1.80 bits per heavy atom. The molecule has 1 aliphatic rings. The molecule has 0 saturated carbocycles. The highest BCUT2D eigenvalue weighted by Gasteiger charge is 2.18. The highest BCUT2D eigenvalue weighted by atomic mass is 32.2. The second-order valence-corrected chi connectivity index (χ2v) is 4.77. The average Bonchev–Trinajstić information content (AvgIpc) is 2.13. The topological polar surface area (TPSA) is 12.0 Å². The van der Waals surface area contributed by atoms with Crippen LogP contribution in [0.25, 0.3) is 0 Å². The Bertz CT molecular complexity index is 134. The smallest absolute Gasteiger partial charge is 0.134 e. The summed E-state index contributed by atoms with van der Waals surface area (Å²) in [4.78, 5) is 0. The Labute approximate surface area is 72.0 Å². The van der Waals surface area contributed by atoms with Gasteiger partial charge in [0.1, 0.15) is 4.32 Å². The molecule has 1 rings (SSSR count). The molecule has 0 bridgehead atoms. The molecule has 0 amide bonds. The van der Waals surface area contributed by atoms with Crippen molar-refractivity contribution < 1.29 is 0 Å². The van der Waals surface area contributed by atoms with E-state index in [1.165, 1.54) is 6.42 Å². The lowest BCUT2D eigenvalue weighted by Gasteiger charge is -2.11. The lowest BCUT2D eigenvalue weighted by atomic mass is 10.1. The zero-order valence-electron chi connectivity index (χ0n) is 6.39. The van der Waals surface area contributed by atoms with E-state index in [9.17, 15) is 0 Å². The van der Waals surface area contributed by atoms with Crippen molar-refractivity contribution in [1.82, 2.24) is 5.32 Å². The van der Waals surface area contributed by atoms with E-state index in [0.717, 1.165) is 16.0 Å². The molecule has 1 atom stereocenters. The van der Waals surface area contributed by atoms with E-state index in [1.807, 2.05) is 0 Å². The number of thiocarbonyl (C=S) groups is 1. The van der Waals surface area contributed by atoms with Crippen molar-refractivity contribution in [2.24, 2.45) is 5.92 Å². The largest absolute Gasteiger partial charge is 0.367 e. The third-order valence-corrected chi connectivity index (χ3v) is 2.91. The first-order chi connectivity index (χ1) is 4.68. The first kappa shape index (κ1) is 8.34. The minimum Gasteiger partial charge on any atom is -0.367 e. The van der Waals surface area contributed by atoms with Crippen LogP contribution in [0.4, 0.5) is 0 Å². The van der Waals surface area contributed by atoms with Crippen LogP contribution in [-0.2, 0) is 0 Å². The molecule has 1 saturated heterocycles. The average molecular weight is 175 g/mol. The van der Waals surface area contributed by atoms with Crippen molar-refractivity contribution in [2.45, 2.75) is 26.3 Å². The lowest BCUT2D eigenvalue weighted by molar-refractivity contribution is 0.504. The van der Waals surface area contributed by atoms with Gasteiger partial charge in [-0.1, -0.05) is 37.8 Å². The normalized spacial score (nSPS) is 25.5. The van der Waals surface area contributed by atoms with E-state index in [-0.39, 0.29) is 0 Å². The Morgan fingerprint density at radius 3 is 2.90 bits per heavy atom. The van der Waals surface area contributed by atoms with Crippen LogP contribution in [0.1, 0.15) is 20.3 Å². The molecule has 1 N–H and O–H groups in total. The molecule has 0 radical (unpaired) electrons. The van der Waals surface area contributed by atoms with Gasteiger partial charge in [-0.3, -0.25) is 0 Å². The van der Waals surface area contributed by atoms with Gasteiger partial charge in [-0.25, -0.2) is 0 Å². The van der Waals surface area contributed by atoms with E-state index < -0.39 is 0 Å². The predicted octanol–water partition coefficient (Wildman–Crippen LogP) is 2.02. The number of thioether (sulfide) groups is 1. The van der Waals surface area contributed by atoms with Crippen LogP contribution in [-0.4, -0.2) is 16.1 Å². The molecule has 1 nitrogen and oxygen atoms in total. The SMILES string of the molecule is CC(C)C[C@@H]1CSC(=S)N1. The molecule has 0 aromatic heterocycles. The van der Waals surface area contributed by atoms with Gasteiger partial charge in [-0.2, -0.15) is 0 Å². The van der Waals surface area contributed by atoms with Gasteiger partial charge in [0.15, 0.2) is 0 Å². The van der Waals surface area contributed by atoms with Crippen LogP contribution in [0.3, 0.4) is 0 Å². The highest BCUT2D eigenvalue weighted by molar-refractivity contribution is 8.23. The molecule has 1 aliphatic heterocycles. The van der Waals surface area contributed by atoms with E-state index in [0.29, 0.717) is 6.04 Å². The zero-order valence-corrected chi connectivity index (χ0v) is 8.02. The van der Waals surface area contributed by atoms with Gasteiger partial charge in [0.05, 0.1) is 0 Å². The van der Waals surface area contributed by atoms with Gasteiger partial charge in [-0.15, -0.1) is 0 Å². The molecule has 0 aliphatic carbocycles. The van der Waals surface area contributed by atoms with Crippen LogP contribution >= 0.6 is 24.0 Å². The van der Waals surface area contributed by atoms with E-state index >= 15 is 0 Å². The molecule has 10 heavy (non-hydrogen) atoms. The molecule has 1 heterocycles. The second kappa shape index (κ2) is 3.58. The molecule has 3 heteroatoms. The first-order valence-corrected chi connectivity index (χ1v) is 5.01. The van der Waals surface area contributed by atoms with Gasteiger partial charge in [0.25, 0.3) is 0 Å². The third-order valence-electron chi connectivity index (χ3n) is 1.49. The fourth-order valence-electron chi connectivity index (χ4n) is 1.12. The van der Waals surface area contributed by atoms with Crippen molar-refractivity contribution >= 4 is 28.3 Å². The summed E-state index contributed by atoms with van der Waals surface area (Å²) in [6.45, 7) is 4.49. The highest BCUT2D eigenvalue weighted by Crippen LogP contribution is 2.18. The summed E-state index contributed by atoms with van der Waals surface area (Å²) in [6, 6.07) is 0.637. The maximum atomic E-state index is 5.00. The van der Waals surface area contributed by atoms with Gasteiger partial charge >= 0.3 is 0 Å². The summed E-state index contributed by atoms with van der Waals surface area (Å²) < 4.78 is 0.977. The van der Waals surface area contributed by atoms with Gasteiger partial charge in [0, 0.05) is 11.8 Å². The fourth-order valence-corrected chi connectivity index (χ4v) is 2.32. The Kier molecular flexibility index (Phi) is 2.98. The molecule has 1 fully saturated rings.